The average Bonchev–Trinajstić information content (AvgIpc) is 2.61. The summed E-state index contributed by atoms with van der Waals surface area (Å²) in [6.45, 7) is 7.07. The van der Waals surface area contributed by atoms with Crippen molar-refractivity contribution in [1.82, 2.24) is 0 Å². The van der Waals surface area contributed by atoms with Crippen LogP contribution >= 0.6 is 21.6 Å². The summed E-state index contributed by atoms with van der Waals surface area (Å²) in [6.07, 6.45) is 3.66. The van der Waals surface area contributed by atoms with Gasteiger partial charge in [-0.25, -0.2) is 0 Å². The van der Waals surface area contributed by atoms with E-state index in [1.807, 2.05) is 10.8 Å². The minimum absolute atomic E-state index is 0.849. The molecule has 3 unspecified atom stereocenters. The summed E-state index contributed by atoms with van der Waals surface area (Å²) in [6, 6.07) is 0. The first-order chi connectivity index (χ1) is 5.16. The van der Waals surface area contributed by atoms with Gasteiger partial charge in [-0.2, -0.15) is 0 Å². The van der Waals surface area contributed by atoms with Crippen LogP contribution in [0.25, 0.3) is 0 Å². The third kappa shape index (κ3) is 2.59. The minimum Gasteiger partial charge on any atom is -0.0973 e. The monoisotopic (exact) mass is 190 g/mol. The molecule has 0 heterocycles. The molecule has 66 valence electrons. The van der Waals surface area contributed by atoms with Gasteiger partial charge in [0, 0.05) is 5.25 Å². The molecule has 11 heavy (non-hydrogen) atoms. The Morgan fingerprint density at radius 3 is 2.18 bits per heavy atom. The number of hydrogen-bond acceptors (Lipinski definition) is 2. The third-order valence-corrected chi connectivity index (χ3v) is 5.01. The van der Waals surface area contributed by atoms with Crippen molar-refractivity contribution in [2.24, 2.45) is 17.8 Å². The molecule has 0 nitrogen and oxygen atoms in total. The molecule has 0 saturated heterocycles. The van der Waals surface area contributed by atoms with Crippen molar-refractivity contribution in [3.05, 3.63) is 0 Å². The molecule has 0 amide bonds. The molecule has 0 radical (unpaired) electrons. The van der Waals surface area contributed by atoms with Gasteiger partial charge in [-0.3, -0.25) is 0 Å². The van der Waals surface area contributed by atoms with E-state index in [2.05, 4.69) is 37.8 Å². The summed E-state index contributed by atoms with van der Waals surface area (Å²) in [7, 11) is 4.00. The maximum atomic E-state index is 2.38. The number of hydrogen-bond donors (Lipinski definition) is 0. The van der Waals surface area contributed by atoms with E-state index in [9.17, 15) is 0 Å². The van der Waals surface area contributed by atoms with Crippen molar-refractivity contribution in [1.29, 1.82) is 0 Å². The third-order valence-electron chi connectivity index (χ3n) is 2.46. The summed E-state index contributed by atoms with van der Waals surface area (Å²) < 4.78 is 0. The fourth-order valence-electron chi connectivity index (χ4n) is 1.60. The average molecular weight is 190 g/mol. The predicted octanol–water partition coefficient (Wildman–Crippen LogP) is 3.68. The van der Waals surface area contributed by atoms with Gasteiger partial charge in [0.15, 0.2) is 0 Å². The predicted molar refractivity (Wildman–Crippen MR) is 57.0 cm³/mol. The summed E-state index contributed by atoms with van der Waals surface area (Å²) in [5.41, 5.74) is 0. The van der Waals surface area contributed by atoms with E-state index in [-0.39, 0.29) is 0 Å². The second-order valence-corrected chi connectivity index (χ2v) is 6.50. The number of rotatable bonds is 4. The maximum Gasteiger partial charge on any atom is 0.0205 e. The van der Waals surface area contributed by atoms with E-state index in [4.69, 9.17) is 0 Å². The SMILES string of the molecule is CSSC(C(C)C)C1CC1C. The molecule has 1 saturated carbocycles. The lowest BCUT2D eigenvalue weighted by atomic mass is 10.1. The molecule has 0 N–H and O–H groups in total. The topological polar surface area (TPSA) is 0 Å². The highest BCUT2D eigenvalue weighted by molar-refractivity contribution is 8.76. The molecule has 0 aliphatic heterocycles. The first kappa shape index (κ1) is 9.79. The molecule has 0 aromatic rings. The Balaban J connectivity index is 2.34. The van der Waals surface area contributed by atoms with Crippen LogP contribution in [-0.4, -0.2) is 11.5 Å². The van der Waals surface area contributed by atoms with E-state index >= 15 is 0 Å². The molecule has 0 aromatic heterocycles. The van der Waals surface area contributed by atoms with Crippen LogP contribution in [0.5, 0.6) is 0 Å². The largest absolute Gasteiger partial charge is 0.0973 e. The van der Waals surface area contributed by atoms with Crippen molar-refractivity contribution in [3.8, 4) is 0 Å². The molecular weight excluding hydrogens is 172 g/mol. The van der Waals surface area contributed by atoms with Crippen molar-refractivity contribution in [2.75, 3.05) is 6.26 Å². The summed E-state index contributed by atoms with van der Waals surface area (Å²) >= 11 is 0. The molecule has 0 bridgehead atoms. The zero-order valence-corrected chi connectivity index (χ0v) is 9.47. The standard InChI is InChI=1S/C9H18S2/c1-6(2)9(11-10-4)8-5-7(8)3/h6-9H,5H2,1-4H3. The van der Waals surface area contributed by atoms with Crippen LogP contribution in [-0.2, 0) is 0 Å². The first-order valence-corrected chi connectivity index (χ1v) is 6.98. The molecule has 1 aliphatic rings. The van der Waals surface area contributed by atoms with Gasteiger partial charge in [-0.1, -0.05) is 42.4 Å². The molecule has 1 aliphatic carbocycles. The van der Waals surface area contributed by atoms with Gasteiger partial charge >= 0.3 is 0 Å². The van der Waals surface area contributed by atoms with Crippen molar-refractivity contribution in [2.45, 2.75) is 32.4 Å². The second-order valence-electron chi connectivity index (χ2n) is 3.85. The van der Waals surface area contributed by atoms with Crippen LogP contribution in [0.4, 0.5) is 0 Å². The van der Waals surface area contributed by atoms with Crippen LogP contribution in [0.1, 0.15) is 27.2 Å². The Hall–Kier alpha value is 0.700. The first-order valence-electron chi connectivity index (χ1n) is 4.36. The fraction of sp³-hybridized carbons (Fsp3) is 1.00. The summed E-state index contributed by atoms with van der Waals surface area (Å²) in [5, 5.41) is 0.903. The lowest BCUT2D eigenvalue weighted by Crippen LogP contribution is -2.13. The quantitative estimate of drug-likeness (QED) is 0.620. The Bertz CT molecular complexity index is 123. The van der Waals surface area contributed by atoms with Gasteiger partial charge in [0.25, 0.3) is 0 Å². The normalized spacial score (nSPS) is 32.5. The Kier molecular flexibility index (Phi) is 3.63. The molecule has 0 aromatic carbocycles. The van der Waals surface area contributed by atoms with Crippen LogP contribution < -0.4 is 0 Å². The molecule has 2 heteroatoms. The Labute approximate surface area is 78.3 Å². The summed E-state index contributed by atoms with van der Waals surface area (Å²) in [5.74, 6) is 2.87. The van der Waals surface area contributed by atoms with Gasteiger partial charge in [0.1, 0.15) is 0 Å². The fourth-order valence-corrected chi connectivity index (χ4v) is 4.32. The van der Waals surface area contributed by atoms with Crippen LogP contribution in [0.3, 0.4) is 0 Å². The van der Waals surface area contributed by atoms with Gasteiger partial charge in [0.2, 0.25) is 0 Å². The van der Waals surface area contributed by atoms with Gasteiger partial charge in [-0.15, -0.1) is 0 Å². The highest BCUT2D eigenvalue weighted by Crippen LogP contribution is 2.49. The van der Waals surface area contributed by atoms with Crippen molar-refractivity contribution >= 4 is 21.6 Å². The van der Waals surface area contributed by atoms with Gasteiger partial charge in [-0.05, 0) is 30.4 Å². The molecule has 0 spiro atoms. The molecular formula is C9H18S2. The zero-order chi connectivity index (χ0) is 8.43. The van der Waals surface area contributed by atoms with Gasteiger partial charge in [0.05, 0.1) is 0 Å². The van der Waals surface area contributed by atoms with E-state index in [1.165, 1.54) is 6.42 Å². The lowest BCUT2D eigenvalue weighted by Gasteiger charge is -2.18. The van der Waals surface area contributed by atoms with E-state index < -0.39 is 0 Å². The molecule has 3 atom stereocenters. The molecule has 1 rings (SSSR count). The van der Waals surface area contributed by atoms with Crippen LogP contribution in [0.2, 0.25) is 0 Å². The smallest absolute Gasteiger partial charge is 0.0205 e. The van der Waals surface area contributed by atoms with Gasteiger partial charge < -0.3 is 0 Å². The lowest BCUT2D eigenvalue weighted by molar-refractivity contribution is 0.541. The van der Waals surface area contributed by atoms with Crippen molar-refractivity contribution < 1.29 is 0 Å². The Morgan fingerprint density at radius 1 is 1.36 bits per heavy atom. The maximum absolute atomic E-state index is 2.38. The molecule has 1 fully saturated rings. The van der Waals surface area contributed by atoms with E-state index in [1.54, 1.807) is 0 Å². The zero-order valence-electron chi connectivity index (χ0n) is 7.83. The highest BCUT2D eigenvalue weighted by atomic mass is 33.1. The van der Waals surface area contributed by atoms with Crippen molar-refractivity contribution in [3.63, 3.8) is 0 Å². The van der Waals surface area contributed by atoms with Crippen LogP contribution in [0.15, 0.2) is 0 Å². The Morgan fingerprint density at radius 2 is 1.91 bits per heavy atom. The van der Waals surface area contributed by atoms with Crippen LogP contribution in [0, 0.1) is 17.8 Å². The van der Waals surface area contributed by atoms with E-state index in [0.29, 0.717) is 0 Å². The minimum atomic E-state index is 0.849. The highest BCUT2D eigenvalue weighted by Gasteiger charge is 2.40. The van der Waals surface area contributed by atoms with E-state index in [0.717, 1.165) is 23.0 Å². The summed E-state index contributed by atoms with van der Waals surface area (Å²) in [4.78, 5) is 0. The second kappa shape index (κ2) is 4.08.